The zero-order chi connectivity index (χ0) is 12.8. The van der Waals surface area contributed by atoms with Crippen molar-refractivity contribution in [2.24, 2.45) is 0 Å². The first kappa shape index (κ1) is 12.2. The molecule has 2 aromatic heterocycles. The number of carbonyl (C=O) groups excluding carboxylic acids is 1. The molecule has 2 rings (SSSR count). The van der Waals surface area contributed by atoms with E-state index in [1.165, 1.54) is 12.3 Å². The van der Waals surface area contributed by atoms with E-state index >= 15 is 0 Å². The molecule has 18 heavy (non-hydrogen) atoms. The number of carbonyl (C=O) groups is 1. The van der Waals surface area contributed by atoms with E-state index in [1.807, 2.05) is 0 Å². The third-order valence-corrected chi connectivity index (χ3v) is 2.31. The zero-order valence-corrected chi connectivity index (χ0v) is 9.58. The number of nitrogens with one attached hydrogen (secondary N) is 1. The van der Waals surface area contributed by atoms with Gasteiger partial charge in [-0.1, -0.05) is 5.21 Å². The fourth-order valence-electron chi connectivity index (χ4n) is 1.44. The molecule has 2 heterocycles. The van der Waals surface area contributed by atoms with Gasteiger partial charge >= 0.3 is 0 Å². The van der Waals surface area contributed by atoms with E-state index in [1.54, 1.807) is 17.1 Å². The first-order valence-corrected chi connectivity index (χ1v) is 5.49. The second-order valence-corrected chi connectivity index (χ2v) is 3.64. The molecule has 0 aromatic carbocycles. The van der Waals surface area contributed by atoms with Gasteiger partial charge in [-0.05, 0) is 12.5 Å². The molecular weight excluding hydrogens is 237 g/mol. The summed E-state index contributed by atoms with van der Waals surface area (Å²) in [5.74, 6) is -0.972. The summed E-state index contributed by atoms with van der Waals surface area (Å²) in [6.45, 7) is 1.16. The van der Waals surface area contributed by atoms with Crippen LogP contribution in [0.5, 0.6) is 0 Å². The summed E-state index contributed by atoms with van der Waals surface area (Å²) in [5, 5.41) is 10.2. The Hall–Kier alpha value is -2.31. The standard InChI is InChI=1S/C11H12FN5O/c12-10-8-9(2-4-13-10)11(18)14-3-1-6-17-7-5-15-16-17/h2,4-5,7-8H,1,3,6H2,(H,14,18). The highest BCUT2D eigenvalue weighted by Gasteiger charge is 2.05. The summed E-state index contributed by atoms with van der Waals surface area (Å²) in [6, 6.07) is 2.57. The van der Waals surface area contributed by atoms with Gasteiger partial charge in [0.25, 0.3) is 5.91 Å². The molecule has 0 radical (unpaired) electrons. The van der Waals surface area contributed by atoms with Crippen molar-refractivity contribution in [3.8, 4) is 0 Å². The van der Waals surface area contributed by atoms with E-state index < -0.39 is 5.95 Å². The largest absolute Gasteiger partial charge is 0.352 e. The van der Waals surface area contributed by atoms with Crippen molar-refractivity contribution in [2.75, 3.05) is 6.54 Å². The van der Waals surface area contributed by atoms with Crippen molar-refractivity contribution in [1.29, 1.82) is 0 Å². The Morgan fingerprint density at radius 2 is 2.33 bits per heavy atom. The number of hydrogen-bond acceptors (Lipinski definition) is 4. The smallest absolute Gasteiger partial charge is 0.251 e. The molecule has 0 unspecified atom stereocenters. The van der Waals surface area contributed by atoms with Crippen molar-refractivity contribution < 1.29 is 9.18 Å². The predicted octanol–water partition coefficient (Wildman–Crippen LogP) is 0.632. The summed E-state index contributed by atoms with van der Waals surface area (Å²) in [5.41, 5.74) is 0.267. The van der Waals surface area contributed by atoms with E-state index in [2.05, 4.69) is 20.6 Å². The lowest BCUT2D eigenvalue weighted by Gasteiger charge is -2.05. The molecule has 0 aliphatic rings. The summed E-state index contributed by atoms with van der Waals surface area (Å²) in [4.78, 5) is 15.0. The summed E-state index contributed by atoms with van der Waals surface area (Å²) in [6.07, 6.45) is 5.33. The van der Waals surface area contributed by atoms with Gasteiger partial charge in [-0.15, -0.1) is 5.10 Å². The van der Waals surface area contributed by atoms with Crippen LogP contribution in [0.1, 0.15) is 16.8 Å². The molecule has 0 aliphatic carbocycles. The van der Waals surface area contributed by atoms with Crippen molar-refractivity contribution >= 4 is 5.91 Å². The van der Waals surface area contributed by atoms with Gasteiger partial charge in [-0.3, -0.25) is 9.48 Å². The lowest BCUT2D eigenvalue weighted by molar-refractivity contribution is 0.0952. The van der Waals surface area contributed by atoms with E-state index in [9.17, 15) is 9.18 Å². The maximum Gasteiger partial charge on any atom is 0.251 e. The fourth-order valence-corrected chi connectivity index (χ4v) is 1.44. The summed E-state index contributed by atoms with van der Waals surface area (Å²) < 4.78 is 14.5. The number of hydrogen-bond donors (Lipinski definition) is 1. The Morgan fingerprint density at radius 3 is 3.06 bits per heavy atom. The van der Waals surface area contributed by atoms with Gasteiger partial charge in [0.1, 0.15) is 0 Å². The number of rotatable bonds is 5. The Morgan fingerprint density at radius 1 is 1.44 bits per heavy atom. The van der Waals surface area contributed by atoms with Crippen LogP contribution in [0.15, 0.2) is 30.7 Å². The molecule has 6 nitrogen and oxygen atoms in total. The van der Waals surface area contributed by atoms with Crippen molar-refractivity contribution in [2.45, 2.75) is 13.0 Å². The highest BCUT2D eigenvalue weighted by molar-refractivity contribution is 5.93. The number of halogens is 1. The zero-order valence-electron chi connectivity index (χ0n) is 9.58. The minimum absolute atomic E-state index is 0.267. The molecule has 0 saturated carbocycles. The van der Waals surface area contributed by atoms with Crippen LogP contribution in [-0.4, -0.2) is 32.4 Å². The molecule has 0 saturated heterocycles. The highest BCUT2D eigenvalue weighted by Crippen LogP contribution is 2.00. The Bertz CT molecular complexity index is 514. The lowest BCUT2D eigenvalue weighted by atomic mass is 10.2. The van der Waals surface area contributed by atoms with Gasteiger partial charge in [0.15, 0.2) is 0 Å². The van der Waals surface area contributed by atoms with Crippen molar-refractivity contribution in [3.05, 3.63) is 42.2 Å². The molecule has 0 fully saturated rings. The maximum absolute atomic E-state index is 12.8. The first-order valence-electron chi connectivity index (χ1n) is 5.49. The Balaban J connectivity index is 1.75. The maximum atomic E-state index is 12.8. The van der Waals surface area contributed by atoms with E-state index in [0.717, 1.165) is 12.5 Å². The van der Waals surface area contributed by atoms with Crippen molar-refractivity contribution in [1.82, 2.24) is 25.3 Å². The number of aromatic nitrogens is 4. The van der Waals surface area contributed by atoms with Crippen LogP contribution >= 0.6 is 0 Å². The first-order chi connectivity index (χ1) is 8.75. The molecule has 2 aromatic rings. The molecule has 0 aliphatic heterocycles. The van der Waals surface area contributed by atoms with Crippen LogP contribution in [0.3, 0.4) is 0 Å². The molecule has 0 spiro atoms. The number of amides is 1. The highest BCUT2D eigenvalue weighted by atomic mass is 19.1. The number of aryl methyl sites for hydroxylation is 1. The van der Waals surface area contributed by atoms with Crippen LogP contribution in [-0.2, 0) is 6.54 Å². The van der Waals surface area contributed by atoms with Gasteiger partial charge in [-0.25, -0.2) is 4.98 Å². The molecular formula is C11H12FN5O. The number of pyridine rings is 1. The average Bonchev–Trinajstić information content (AvgIpc) is 2.87. The van der Waals surface area contributed by atoms with Crippen LogP contribution in [0.2, 0.25) is 0 Å². The summed E-state index contributed by atoms with van der Waals surface area (Å²) >= 11 is 0. The third kappa shape index (κ3) is 3.34. The minimum atomic E-state index is -0.662. The monoisotopic (exact) mass is 249 g/mol. The van der Waals surface area contributed by atoms with Gasteiger partial charge < -0.3 is 5.32 Å². The van der Waals surface area contributed by atoms with Crippen molar-refractivity contribution in [3.63, 3.8) is 0 Å². The molecule has 94 valence electrons. The molecule has 0 atom stereocenters. The molecule has 1 N–H and O–H groups in total. The van der Waals surface area contributed by atoms with Gasteiger partial charge in [0, 0.05) is 37.1 Å². The Labute approximate surface area is 103 Å². The molecule has 0 bridgehead atoms. The Kier molecular flexibility index (Phi) is 3.95. The van der Waals surface area contributed by atoms with E-state index in [-0.39, 0.29) is 11.5 Å². The normalized spacial score (nSPS) is 10.3. The fraction of sp³-hybridized carbons (Fsp3) is 0.273. The van der Waals surface area contributed by atoms with E-state index in [4.69, 9.17) is 0 Å². The van der Waals surface area contributed by atoms with Crippen LogP contribution in [0, 0.1) is 5.95 Å². The second-order valence-electron chi connectivity index (χ2n) is 3.64. The second kappa shape index (κ2) is 5.85. The SMILES string of the molecule is O=C(NCCCn1ccnn1)c1ccnc(F)c1. The minimum Gasteiger partial charge on any atom is -0.352 e. The molecule has 1 amide bonds. The van der Waals surface area contributed by atoms with Gasteiger partial charge in [-0.2, -0.15) is 4.39 Å². The van der Waals surface area contributed by atoms with E-state index in [0.29, 0.717) is 13.1 Å². The topological polar surface area (TPSA) is 72.7 Å². The molecule has 7 heteroatoms. The summed E-state index contributed by atoms with van der Waals surface area (Å²) in [7, 11) is 0. The predicted molar refractivity (Wildman–Crippen MR) is 61.2 cm³/mol. The lowest BCUT2D eigenvalue weighted by Crippen LogP contribution is -2.25. The third-order valence-electron chi connectivity index (χ3n) is 2.31. The number of nitrogens with zero attached hydrogens (tertiary/aromatic N) is 4. The average molecular weight is 249 g/mol. The van der Waals surface area contributed by atoms with Crippen LogP contribution in [0.25, 0.3) is 0 Å². The quantitative estimate of drug-likeness (QED) is 0.623. The van der Waals surface area contributed by atoms with Gasteiger partial charge in [0.05, 0.1) is 6.20 Å². The van der Waals surface area contributed by atoms with Gasteiger partial charge in [0.2, 0.25) is 5.95 Å². The van der Waals surface area contributed by atoms with Crippen LogP contribution < -0.4 is 5.32 Å². The van der Waals surface area contributed by atoms with Crippen LogP contribution in [0.4, 0.5) is 4.39 Å².